The minimum atomic E-state index is -0.267. The van der Waals surface area contributed by atoms with Gasteiger partial charge in [0.15, 0.2) is 0 Å². The zero-order valence-corrected chi connectivity index (χ0v) is 10.7. The van der Waals surface area contributed by atoms with Crippen LogP contribution in [0.15, 0.2) is 18.5 Å². The van der Waals surface area contributed by atoms with Gasteiger partial charge in [-0.25, -0.2) is 4.39 Å². The van der Waals surface area contributed by atoms with Crippen LogP contribution in [-0.2, 0) is 0 Å². The minimum absolute atomic E-state index is 0.190. The van der Waals surface area contributed by atoms with E-state index in [1.54, 1.807) is 12.3 Å². The molecule has 3 rings (SSSR count). The van der Waals surface area contributed by atoms with E-state index in [9.17, 15) is 4.39 Å². The van der Waals surface area contributed by atoms with E-state index in [-0.39, 0.29) is 11.9 Å². The molecule has 2 aliphatic rings. The van der Waals surface area contributed by atoms with Gasteiger partial charge < -0.3 is 10.6 Å². The molecule has 0 saturated carbocycles. The summed E-state index contributed by atoms with van der Waals surface area (Å²) >= 11 is 0. The van der Waals surface area contributed by atoms with Gasteiger partial charge in [-0.15, -0.1) is 0 Å². The fourth-order valence-corrected chi connectivity index (χ4v) is 3.66. The van der Waals surface area contributed by atoms with Crippen molar-refractivity contribution in [3.63, 3.8) is 0 Å². The number of hydrogen-bond acceptors (Lipinski definition) is 3. The zero-order valence-electron chi connectivity index (χ0n) is 10.7. The second-order valence-corrected chi connectivity index (χ2v) is 5.70. The third-order valence-corrected chi connectivity index (χ3v) is 4.81. The van der Waals surface area contributed by atoms with Gasteiger partial charge in [-0.2, -0.15) is 0 Å². The lowest BCUT2D eigenvalue weighted by Gasteiger charge is -2.38. The highest BCUT2D eigenvalue weighted by Crippen LogP contribution is 2.41. The van der Waals surface area contributed by atoms with E-state index in [1.165, 1.54) is 19.0 Å². The molecule has 4 heteroatoms. The molecule has 0 radical (unpaired) electrons. The van der Waals surface area contributed by atoms with Crippen LogP contribution in [0, 0.1) is 11.7 Å². The van der Waals surface area contributed by atoms with Crippen LogP contribution in [0.5, 0.6) is 0 Å². The second kappa shape index (κ2) is 4.59. The van der Waals surface area contributed by atoms with Crippen molar-refractivity contribution >= 4 is 0 Å². The Morgan fingerprint density at radius 2 is 2.06 bits per heavy atom. The van der Waals surface area contributed by atoms with Crippen LogP contribution in [0.2, 0.25) is 0 Å². The van der Waals surface area contributed by atoms with Gasteiger partial charge in [-0.3, -0.25) is 4.98 Å². The average molecular weight is 249 g/mol. The van der Waals surface area contributed by atoms with Gasteiger partial charge >= 0.3 is 0 Å². The summed E-state index contributed by atoms with van der Waals surface area (Å²) in [5.74, 6) is 0.131. The quantitative estimate of drug-likeness (QED) is 0.872. The average Bonchev–Trinajstić information content (AvgIpc) is 2.61. The molecule has 0 spiro atoms. The molecule has 3 unspecified atom stereocenters. The van der Waals surface area contributed by atoms with E-state index in [0.29, 0.717) is 23.6 Å². The summed E-state index contributed by atoms with van der Waals surface area (Å²) in [6.45, 7) is 0. The maximum Gasteiger partial charge on any atom is 0.146 e. The van der Waals surface area contributed by atoms with Crippen molar-refractivity contribution < 1.29 is 4.39 Å². The first-order valence-corrected chi connectivity index (χ1v) is 6.73. The van der Waals surface area contributed by atoms with Crippen LogP contribution in [0.3, 0.4) is 0 Å². The standard InChI is InChI=1S/C14H20FN3/c1-18-10-2-3-11(18)7-9(6-10)14(16)12-4-5-17-8-13(12)15/h4-5,8-11,14H,2-3,6-7,16H2,1H3. The number of halogens is 1. The molecule has 2 N–H and O–H groups in total. The number of rotatable bonds is 2. The summed E-state index contributed by atoms with van der Waals surface area (Å²) < 4.78 is 13.7. The lowest BCUT2D eigenvalue weighted by Crippen LogP contribution is -2.42. The minimum Gasteiger partial charge on any atom is -0.324 e. The number of hydrogen-bond donors (Lipinski definition) is 1. The Hall–Kier alpha value is -1.00. The molecule has 3 atom stereocenters. The molecule has 0 aromatic carbocycles. The van der Waals surface area contributed by atoms with Gasteiger partial charge in [-0.1, -0.05) is 0 Å². The summed E-state index contributed by atoms with van der Waals surface area (Å²) in [7, 11) is 2.21. The lowest BCUT2D eigenvalue weighted by atomic mass is 9.82. The Morgan fingerprint density at radius 1 is 1.39 bits per heavy atom. The van der Waals surface area contributed by atoms with E-state index in [2.05, 4.69) is 16.9 Å². The van der Waals surface area contributed by atoms with Gasteiger partial charge in [0.25, 0.3) is 0 Å². The fourth-order valence-electron chi connectivity index (χ4n) is 3.66. The third kappa shape index (κ3) is 1.93. The molecule has 3 heterocycles. The van der Waals surface area contributed by atoms with Crippen molar-refractivity contribution in [2.45, 2.75) is 43.8 Å². The maximum atomic E-state index is 13.7. The first-order chi connectivity index (χ1) is 8.66. The van der Waals surface area contributed by atoms with Crippen molar-refractivity contribution in [3.8, 4) is 0 Å². The summed E-state index contributed by atoms with van der Waals surface area (Å²) in [5.41, 5.74) is 6.91. The monoisotopic (exact) mass is 249 g/mol. The van der Waals surface area contributed by atoms with E-state index in [1.807, 2.05) is 0 Å². The highest BCUT2D eigenvalue weighted by atomic mass is 19.1. The van der Waals surface area contributed by atoms with Gasteiger partial charge in [-0.05, 0) is 44.7 Å². The second-order valence-electron chi connectivity index (χ2n) is 5.70. The summed E-state index contributed by atoms with van der Waals surface area (Å²) in [4.78, 5) is 6.27. The molecule has 1 aromatic heterocycles. The predicted octanol–water partition coefficient (Wildman–Crippen LogP) is 2.09. The lowest BCUT2D eigenvalue weighted by molar-refractivity contribution is 0.120. The van der Waals surface area contributed by atoms with Gasteiger partial charge in [0.05, 0.1) is 6.20 Å². The molecular weight excluding hydrogens is 229 g/mol. The number of fused-ring (bicyclic) bond motifs is 2. The highest BCUT2D eigenvalue weighted by molar-refractivity contribution is 5.18. The summed E-state index contributed by atoms with van der Waals surface area (Å²) in [5, 5.41) is 0. The molecule has 2 saturated heterocycles. The Kier molecular flexibility index (Phi) is 3.08. The smallest absolute Gasteiger partial charge is 0.146 e. The highest BCUT2D eigenvalue weighted by Gasteiger charge is 2.40. The van der Waals surface area contributed by atoms with Crippen molar-refractivity contribution in [3.05, 3.63) is 29.8 Å². The number of nitrogens with zero attached hydrogens (tertiary/aromatic N) is 2. The third-order valence-electron chi connectivity index (χ3n) is 4.81. The van der Waals surface area contributed by atoms with E-state index in [4.69, 9.17) is 5.73 Å². The number of aromatic nitrogens is 1. The Bertz CT molecular complexity index is 423. The van der Waals surface area contributed by atoms with Crippen LogP contribution in [0.1, 0.15) is 37.3 Å². The van der Waals surface area contributed by atoms with E-state index in [0.717, 1.165) is 12.8 Å². The molecular formula is C14H20FN3. The van der Waals surface area contributed by atoms with Crippen molar-refractivity contribution in [2.24, 2.45) is 11.7 Å². The van der Waals surface area contributed by atoms with Crippen LogP contribution in [0.4, 0.5) is 4.39 Å². The Balaban J connectivity index is 1.78. The van der Waals surface area contributed by atoms with E-state index >= 15 is 0 Å². The van der Waals surface area contributed by atoms with Crippen molar-refractivity contribution in [1.82, 2.24) is 9.88 Å². The van der Waals surface area contributed by atoms with E-state index < -0.39 is 0 Å². The normalized spacial score (nSPS) is 33.6. The summed E-state index contributed by atoms with van der Waals surface area (Å²) in [6, 6.07) is 2.82. The SMILES string of the molecule is CN1C2CCC1CC(C(N)c1ccncc1F)C2. The largest absolute Gasteiger partial charge is 0.324 e. The van der Waals surface area contributed by atoms with Gasteiger partial charge in [0, 0.05) is 29.9 Å². The Morgan fingerprint density at radius 3 is 2.67 bits per heavy atom. The first-order valence-electron chi connectivity index (χ1n) is 6.73. The van der Waals surface area contributed by atoms with Crippen LogP contribution >= 0.6 is 0 Å². The predicted molar refractivity (Wildman–Crippen MR) is 68.4 cm³/mol. The zero-order chi connectivity index (χ0) is 12.7. The number of piperidine rings is 1. The maximum absolute atomic E-state index is 13.7. The van der Waals surface area contributed by atoms with Crippen LogP contribution in [-0.4, -0.2) is 29.0 Å². The fraction of sp³-hybridized carbons (Fsp3) is 0.643. The van der Waals surface area contributed by atoms with Crippen molar-refractivity contribution in [1.29, 1.82) is 0 Å². The molecule has 2 aliphatic heterocycles. The number of pyridine rings is 1. The van der Waals surface area contributed by atoms with Crippen molar-refractivity contribution in [2.75, 3.05) is 7.05 Å². The topological polar surface area (TPSA) is 42.1 Å². The van der Waals surface area contributed by atoms with Crippen LogP contribution < -0.4 is 5.73 Å². The first kappa shape index (κ1) is 12.1. The van der Waals surface area contributed by atoms with Gasteiger partial charge in [0.2, 0.25) is 0 Å². The molecule has 98 valence electrons. The molecule has 0 amide bonds. The molecule has 0 aliphatic carbocycles. The molecule has 18 heavy (non-hydrogen) atoms. The van der Waals surface area contributed by atoms with Gasteiger partial charge in [0.1, 0.15) is 5.82 Å². The number of nitrogens with two attached hydrogens (primary N) is 1. The van der Waals surface area contributed by atoms with Crippen LogP contribution in [0.25, 0.3) is 0 Å². The Labute approximate surface area is 107 Å². The molecule has 3 nitrogen and oxygen atoms in total. The molecule has 1 aromatic rings. The molecule has 2 bridgehead atoms. The summed E-state index contributed by atoms with van der Waals surface area (Å²) in [6.07, 6.45) is 7.61. The molecule has 2 fully saturated rings.